The molecule has 0 aliphatic rings. The highest BCUT2D eigenvalue weighted by Crippen LogP contribution is 2.26. The third-order valence-corrected chi connectivity index (χ3v) is 2.68. The van der Waals surface area contributed by atoms with Gasteiger partial charge in [-0.25, -0.2) is 24.0 Å². The molecule has 2 rings (SSSR count). The monoisotopic (exact) mass is 245 g/mol. The summed E-state index contributed by atoms with van der Waals surface area (Å²) in [6.07, 6.45) is 0. The van der Waals surface area contributed by atoms with E-state index in [1.165, 1.54) is 11.3 Å². The molecule has 0 amide bonds. The second-order valence-corrected chi connectivity index (χ2v) is 3.79. The van der Waals surface area contributed by atoms with Gasteiger partial charge in [0.15, 0.2) is 22.6 Å². The Hall–Kier alpha value is -1.60. The zero-order valence-corrected chi connectivity index (χ0v) is 8.62. The van der Waals surface area contributed by atoms with Crippen LogP contribution in [0.5, 0.6) is 0 Å². The number of aromatic nitrogens is 1. The molecule has 0 radical (unpaired) electrons. The molecule has 0 aliphatic carbocycles. The number of thiazole rings is 1. The van der Waals surface area contributed by atoms with Gasteiger partial charge in [-0.3, -0.25) is 5.43 Å². The average Bonchev–Trinajstić information content (AvgIpc) is 2.73. The molecule has 2 aromatic rings. The Balaban J connectivity index is 2.48. The summed E-state index contributed by atoms with van der Waals surface area (Å²) in [7, 11) is 0. The summed E-state index contributed by atoms with van der Waals surface area (Å²) in [5.41, 5.74) is 2.79. The summed E-state index contributed by atoms with van der Waals surface area (Å²) < 4.78 is 38.6. The molecule has 1 aromatic heterocycles. The fourth-order valence-corrected chi connectivity index (χ4v) is 1.81. The summed E-state index contributed by atoms with van der Waals surface area (Å²) >= 11 is 1.17. The van der Waals surface area contributed by atoms with Crippen molar-refractivity contribution in [2.24, 2.45) is 5.84 Å². The summed E-state index contributed by atoms with van der Waals surface area (Å²) in [5, 5.41) is 1.96. The van der Waals surface area contributed by atoms with E-state index in [2.05, 4.69) is 10.4 Å². The molecule has 3 nitrogen and oxygen atoms in total. The first-order chi connectivity index (χ1) is 7.61. The van der Waals surface area contributed by atoms with E-state index in [1.807, 2.05) is 0 Å². The molecule has 0 spiro atoms. The van der Waals surface area contributed by atoms with Gasteiger partial charge in [-0.05, 0) is 12.1 Å². The maximum atomic E-state index is 12.9. The van der Waals surface area contributed by atoms with Crippen LogP contribution in [0, 0.1) is 17.5 Å². The number of nitrogens with zero attached hydrogens (tertiary/aromatic N) is 1. The SMILES string of the molecule is NNc1nc(-c2cc(F)c(F)c(F)c2)cs1. The zero-order chi connectivity index (χ0) is 11.7. The van der Waals surface area contributed by atoms with Gasteiger partial charge < -0.3 is 0 Å². The van der Waals surface area contributed by atoms with E-state index < -0.39 is 17.5 Å². The van der Waals surface area contributed by atoms with Crippen molar-refractivity contribution in [3.05, 3.63) is 35.0 Å². The Morgan fingerprint density at radius 1 is 1.19 bits per heavy atom. The predicted octanol–water partition coefficient (Wildman–Crippen LogP) is 2.51. The highest BCUT2D eigenvalue weighted by molar-refractivity contribution is 7.14. The summed E-state index contributed by atoms with van der Waals surface area (Å²) in [6.45, 7) is 0. The standard InChI is InChI=1S/C9H6F3N3S/c10-5-1-4(2-6(11)8(5)12)7-3-16-9(14-7)15-13/h1-3H,13H2,(H,14,15). The summed E-state index contributed by atoms with van der Waals surface area (Å²) in [6, 6.07) is 1.77. The maximum absolute atomic E-state index is 12.9. The Morgan fingerprint density at radius 2 is 1.81 bits per heavy atom. The van der Waals surface area contributed by atoms with Gasteiger partial charge >= 0.3 is 0 Å². The van der Waals surface area contributed by atoms with Crippen molar-refractivity contribution >= 4 is 16.5 Å². The molecule has 7 heteroatoms. The number of hydrogen-bond donors (Lipinski definition) is 2. The molecular formula is C9H6F3N3S. The molecule has 0 unspecified atom stereocenters. The van der Waals surface area contributed by atoms with Gasteiger partial charge in [-0.1, -0.05) is 0 Å². The molecule has 0 saturated heterocycles. The van der Waals surface area contributed by atoms with Crippen LogP contribution >= 0.6 is 11.3 Å². The van der Waals surface area contributed by atoms with E-state index in [9.17, 15) is 13.2 Å². The minimum absolute atomic E-state index is 0.161. The number of rotatable bonds is 2. The minimum Gasteiger partial charge on any atom is -0.300 e. The quantitative estimate of drug-likeness (QED) is 0.485. The molecule has 1 aromatic carbocycles. The van der Waals surface area contributed by atoms with Gasteiger partial charge in [0, 0.05) is 10.9 Å². The molecule has 84 valence electrons. The molecule has 0 bridgehead atoms. The van der Waals surface area contributed by atoms with Gasteiger partial charge in [0.2, 0.25) is 0 Å². The van der Waals surface area contributed by atoms with Crippen LogP contribution in [0.1, 0.15) is 0 Å². The van der Waals surface area contributed by atoms with E-state index in [0.717, 1.165) is 12.1 Å². The second kappa shape index (κ2) is 4.11. The molecule has 1 heterocycles. The Labute approximate surface area is 92.7 Å². The van der Waals surface area contributed by atoms with Crippen LogP contribution in [-0.4, -0.2) is 4.98 Å². The number of nitrogens with one attached hydrogen (secondary N) is 1. The Bertz CT molecular complexity index is 503. The van der Waals surface area contributed by atoms with Crippen LogP contribution < -0.4 is 11.3 Å². The lowest BCUT2D eigenvalue weighted by Gasteiger charge is -1.99. The highest BCUT2D eigenvalue weighted by Gasteiger charge is 2.13. The molecular weight excluding hydrogens is 239 g/mol. The first kappa shape index (κ1) is 10.9. The lowest BCUT2D eigenvalue weighted by molar-refractivity contribution is 0.447. The van der Waals surface area contributed by atoms with Crippen LogP contribution in [0.15, 0.2) is 17.5 Å². The fraction of sp³-hybridized carbons (Fsp3) is 0. The number of halogens is 3. The number of hydrazine groups is 1. The molecule has 0 saturated carbocycles. The smallest absolute Gasteiger partial charge is 0.197 e. The highest BCUT2D eigenvalue weighted by atomic mass is 32.1. The molecule has 16 heavy (non-hydrogen) atoms. The lowest BCUT2D eigenvalue weighted by Crippen LogP contribution is -2.05. The normalized spacial score (nSPS) is 10.5. The molecule has 0 aliphatic heterocycles. The predicted molar refractivity (Wildman–Crippen MR) is 55.2 cm³/mol. The summed E-state index contributed by atoms with van der Waals surface area (Å²) in [5.74, 6) is 1.13. The van der Waals surface area contributed by atoms with Crippen molar-refractivity contribution in [1.29, 1.82) is 0 Å². The van der Waals surface area contributed by atoms with E-state index in [-0.39, 0.29) is 5.56 Å². The number of benzene rings is 1. The zero-order valence-electron chi connectivity index (χ0n) is 7.80. The van der Waals surface area contributed by atoms with E-state index in [4.69, 9.17) is 5.84 Å². The van der Waals surface area contributed by atoms with Crippen LogP contribution in [-0.2, 0) is 0 Å². The molecule has 0 atom stereocenters. The maximum Gasteiger partial charge on any atom is 0.197 e. The Kier molecular flexibility index (Phi) is 2.80. The van der Waals surface area contributed by atoms with Crippen LogP contribution in [0.25, 0.3) is 11.3 Å². The topological polar surface area (TPSA) is 50.9 Å². The fourth-order valence-electron chi connectivity index (χ4n) is 1.18. The first-order valence-corrected chi connectivity index (χ1v) is 5.07. The van der Waals surface area contributed by atoms with E-state index in [0.29, 0.717) is 10.8 Å². The average molecular weight is 245 g/mol. The number of nitrogens with two attached hydrogens (primary N) is 1. The van der Waals surface area contributed by atoms with Crippen molar-refractivity contribution in [3.63, 3.8) is 0 Å². The number of nitrogen functional groups attached to an aromatic ring is 1. The van der Waals surface area contributed by atoms with Gasteiger partial charge in [-0.15, -0.1) is 11.3 Å². The number of anilines is 1. The van der Waals surface area contributed by atoms with Gasteiger partial charge in [0.1, 0.15) is 0 Å². The van der Waals surface area contributed by atoms with Crippen molar-refractivity contribution in [3.8, 4) is 11.3 Å². The van der Waals surface area contributed by atoms with Crippen molar-refractivity contribution in [2.45, 2.75) is 0 Å². The van der Waals surface area contributed by atoms with Crippen molar-refractivity contribution < 1.29 is 13.2 Å². The van der Waals surface area contributed by atoms with E-state index in [1.54, 1.807) is 5.38 Å². The van der Waals surface area contributed by atoms with Gasteiger partial charge in [0.25, 0.3) is 0 Å². The third-order valence-electron chi connectivity index (χ3n) is 1.91. The summed E-state index contributed by atoms with van der Waals surface area (Å²) in [4.78, 5) is 3.94. The second-order valence-electron chi connectivity index (χ2n) is 2.94. The minimum atomic E-state index is -1.49. The van der Waals surface area contributed by atoms with E-state index >= 15 is 0 Å². The van der Waals surface area contributed by atoms with Crippen LogP contribution in [0.3, 0.4) is 0 Å². The van der Waals surface area contributed by atoms with Gasteiger partial charge in [-0.2, -0.15) is 0 Å². The third kappa shape index (κ3) is 1.86. The number of hydrogen-bond acceptors (Lipinski definition) is 4. The molecule has 3 N–H and O–H groups in total. The molecule has 0 fully saturated rings. The van der Waals surface area contributed by atoms with Crippen LogP contribution in [0.2, 0.25) is 0 Å². The van der Waals surface area contributed by atoms with Gasteiger partial charge in [0.05, 0.1) is 5.69 Å². The largest absolute Gasteiger partial charge is 0.300 e. The van der Waals surface area contributed by atoms with Crippen molar-refractivity contribution in [2.75, 3.05) is 5.43 Å². The van der Waals surface area contributed by atoms with Crippen LogP contribution in [0.4, 0.5) is 18.3 Å². The lowest BCUT2D eigenvalue weighted by atomic mass is 10.1. The van der Waals surface area contributed by atoms with Crippen molar-refractivity contribution in [1.82, 2.24) is 4.98 Å². The first-order valence-electron chi connectivity index (χ1n) is 4.19. The Morgan fingerprint density at radius 3 is 2.31 bits per heavy atom.